The molecule has 0 aliphatic rings. The summed E-state index contributed by atoms with van der Waals surface area (Å²) in [4.78, 5) is 11.1. The van der Waals surface area contributed by atoms with Gasteiger partial charge in [-0.1, -0.05) is 15.9 Å². The van der Waals surface area contributed by atoms with E-state index in [1.807, 2.05) is 6.92 Å². The van der Waals surface area contributed by atoms with E-state index in [1.54, 1.807) is 6.07 Å². The highest BCUT2D eigenvalue weighted by Crippen LogP contribution is 2.26. The molecule has 0 spiro atoms. The Hall–Kier alpha value is -1.12. The first-order chi connectivity index (χ1) is 8.84. The summed E-state index contributed by atoms with van der Waals surface area (Å²) in [5.41, 5.74) is 0. The Morgan fingerprint density at radius 1 is 1.47 bits per heavy atom. The molecule has 0 fully saturated rings. The number of hydrogen-bond donors (Lipinski definition) is 2. The number of rotatable bonds is 6. The largest absolute Gasteiger partial charge is 0.492 e. The van der Waals surface area contributed by atoms with Crippen LogP contribution in [0.5, 0.6) is 5.75 Å². The van der Waals surface area contributed by atoms with E-state index in [0.717, 1.165) is 0 Å². The van der Waals surface area contributed by atoms with Gasteiger partial charge in [-0.3, -0.25) is 4.79 Å². The molecule has 0 saturated heterocycles. The number of amides is 1. The van der Waals surface area contributed by atoms with E-state index in [1.165, 1.54) is 12.1 Å². The number of halogens is 1. The highest BCUT2D eigenvalue weighted by molar-refractivity contribution is 9.10. The van der Waals surface area contributed by atoms with Crippen LogP contribution in [-0.4, -0.2) is 27.5 Å². The molecule has 0 radical (unpaired) electrons. The second-order valence-corrected chi connectivity index (χ2v) is 6.13. The molecule has 0 saturated carbocycles. The van der Waals surface area contributed by atoms with Gasteiger partial charge in [-0.15, -0.1) is 0 Å². The first-order valence-electron chi connectivity index (χ1n) is 5.56. The molecule has 0 aliphatic carbocycles. The van der Waals surface area contributed by atoms with Gasteiger partial charge in [0.1, 0.15) is 10.6 Å². The molecule has 6 nitrogen and oxygen atoms in total. The van der Waals surface area contributed by atoms with Crippen LogP contribution >= 0.6 is 15.9 Å². The number of carbonyl (C=O) groups is 1. The SMILES string of the molecule is CCNC(=O)CCOc1ccc(Br)cc1S(N)(=O)=O. The van der Waals surface area contributed by atoms with Crippen LogP contribution in [0.15, 0.2) is 27.6 Å². The zero-order valence-electron chi connectivity index (χ0n) is 10.3. The molecular weight excluding hydrogens is 336 g/mol. The summed E-state index contributed by atoms with van der Waals surface area (Å²) >= 11 is 3.16. The maximum atomic E-state index is 11.4. The molecular formula is C11H15BrN2O4S. The molecule has 1 aromatic rings. The number of nitrogens with two attached hydrogens (primary N) is 1. The lowest BCUT2D eigenvalue weighted by atomic mass is 10.3. The van der Waals surface area contributed by atoms with E-state index in [4.69, 9.17) is 9.88 Å². The van der Waals surface area contributed by atoms with Crippen LogP contribution in [0.4, 0.5) is 0 Å². The van der Waals surface area contributed by atoms with Crippen LogP contribution in [0, 0.1) is 0 Å². The minimum atomic E-state index is -3.87. The van der Waals surface area contributed by atoms with Crippen molar-refractivity contribution in [2.24, 2.45) is 5.14 Å². The van der Waals surface area contributed by atoms with Gasteiger partial charge in [0.15, 0.2) is 0 Å². The quantitative estimate of drug-likeness (QED) is 0.799. The van der Waals surface area contributed by atoms with Crippen molar-refractivity contribution < 1.29 is 17.9 Å². The maximum Gasteiger partial charge on any atom is 0.241 e. The zero-order valence-corrected chi connectivity index (χ0v) is 12.8. The minimum Gasteiger partial charge on any atom is -0.492 e. The van der Waals surface area contributed by atoms with Crippen molar-refractivity contribution in [3.63, 3.8) is 0 Å². The summed E-state index contributed by atoms with van der Waals surface area (Å²) in [6.45, 7) is 2.43. The Morgan fingerprint density at radius 2 is 2.16 bits per heavy atom. The molecule has 0 aromatic heterocycles. The van der Waals surface area contributed by atoms with Crippen LogP contribution in [-0.2, 0) is 14.8 Å². The Morgan fingerprint density at radius 3 is 2.74 bits per heavy atom. The predicted octanol–water partition coefficient (Wildman–Crippen LogP) is 1.00. The fourth-order valence-corrected chi connectivity index (χ4v) is 2.57. The third kappa shape index (κ3) is 5.17. The van der Waals surface area contributed by atoms with Crippen LogP contribution in [0.3, 0.4) is 0 Å². The highest BCUT2D eigenvalue weighted by atomic mass is 79.9. The maximum absolute atomic E-state index is 11.4. The van der Waals surface area contributed by atoms with E-state index in [9.17, 15) is 13.2 Å². The Balaban J connectivity index is 2.76. The van der Waals surface area contributed by atoms with Gasteiger partial charge < -0.3 is 10.1 Å². The summed E-state index contributed by atoms with van der Waals surface area (Å²) in [6, 6.07) is 4.48. The molecule has 19 heavy (non-hydrogen) atoms. The Bertz CT molecular complexity index is 560. The van der Waals surface area contributed by atoms with E-state index < -0.39 is 10.0 Å². The van der Waals surface area contributed by atoms with Crippen molar-refractivity contribution in [1.82, 2.24) is 5.32 Å². The van der Waals surface area contributed by atoms with Crippen molar-refractivity contribution >= 4 is 31.9 Å². The molecule has 8 heteroatoms. The molecule has 0 atom stereocenters. The average Bonchev–Trinajstić information content (AvgIpc) is 2.30. The fourth-order valence-electron chi connectivity index (χ4n) is 1.36. The number of benzene rings is 1. The number of hydrogen-bond acceptors (Lipinski definition) is 4. The smallest absolute Gasteiger partial charge is 0.241 e. The second-order valence-electron chi connectivity index (χ2n) is 3.69. The summed E-state index contributed by atoms with van der Waals surface area (Å²) in [5.74, 6) is -0.0215. The molecule has 3 N–H and O–H groups in total. The molecule has 1 amide bonds. The lowest BCUT2D eigenvalue weighted by Crippen LogP contribution is -2.24. The molecule has 0 aliphatic heterocycles. The van der Waals surface area contributed by atoms with E-state index in [-0.39, 0.29) is 29.6 Å². The lowest BCUT2D eigenvalue weighted by molar-refractivity contribution is -0.121. The normalized spacial score (nSPS) is 11.1. The van der Waals surface area contributed by atoms with Crippen LogP contribution in [0.2, 0.25) is 0 Å². The van der Waals surface area contributed by atoms with Gasteiger partial charge in [0.2, 0.25) is 15.9 Å². The van der Waals surface area contributed by atoms with Crippen molar-refractivity contribution in [2.75, 3.05) is 13.2 Å². The van der Waals surface area contributed by atoms with Crippen LogP contribution in [0.25, 0.3) is 0 Å². The number of nitrogens with one attached hydrogen (secondary N) is 1. The fraction of sp³-hybridized carbons (Fsp3) is 0.364. The topological polar surface area (TPSA) is 98.5 Å². The van der Waals surface area contributed by atoms with Crippen LogP contribution in [0.1, 0.15) is 13.3 Å². The molecule has 0 unspecified atom stereocenters. The molecule has 106 valence electrons. The zero-order chi connectivity index (χ0) is 14.5. The van der Waals surface area contributed by atoms with Crippen molar-refractivity contribution in [2.45, 2.75) is 18.2 Å². The number of sulfonamides is 1. The molecule has 1 aromatic carbocycles. The van der Waals surface area contributed by atoms with Crippen molar-refractivity contribution in [3.05, 3.63) is 22.7 Å². The minimum absolute atomic E-state index is 0.0794. The third-order valence-electron chi connectivity index (χ3n) is 2.17. The number of ether oxygens (including phenoxy) is 1. The van der Waals surface area contributed by atoms with Crippen LogP contribution < -0.4 is 15.2 Å². The lowest BCUT2D eigenvalue weighted by Gasteiger charge is -2.10. The molecule has 0 bridgehead atoms. The monoisotopic (exact) mass is 350 g/mol. The third-order valence-corrected chi connectivity index (χ3v) is 3.60. The van der Waals surface area contributed by atoms with Gasteiger partial charge in [-0.05, 0) is 25.1 Å². The van der Waals surface area contributed by atoms with Gasteiger partial charge >= 0.3 is 0 Å². The van der Waals surface area contributed by atoms with Crippen molar-refractivity contribution in [3.8, 4) is 5.75 Å². The summed E-state index contributed by atoms with van der Waals surface area (Å²) in [7, 11) is -3.87. The number of primary sulfonamides is 1. The predicted molar refractivity (Wildman–Crippen MR) is 74.3 cm³/mol. The highest BCUT2D eigenvalue weighted by Gasteiger charge is 2.16. The van der Waals surface area contributed by atoms with Gasteiger partial charge in [0.05, 0.1) is 13.0 Å². The summed E-state index contributed by atoms with van der Waals surface area (Å²) < 4.78 is 28.7. The summed E-state index contributed by atoms with van der Waals surface area (Å²) in [6.07, 6.45) is 0.147. The van der Waals surface area contributed by atoms with Gasteiger partial charge in [-0.25, -0.2) is 13.6 Å². The van der Waals surface area contributed by atoms with E-state index >= 15 is 0 Å². The van der Waals surface area contributed by atoms with E-state index in [0.29, 0.717) is 11.0 Å². The first kappa shape index (κ1) is 15.9. The van der Waals surface area contributed by atoms with E-state index in [2.05, 4.69) is 21.2 Å². The standard InChI is InChI=1S/C11H15BrN2O4S/c1-2-14-11(15)5-6-18-9-4-3-8(12)7-10(9)19(13,16)17/h3-4,7H,2,5-6H2,1H3,(H,14,15)(H2,13,16,17). The van der Waals surface area contributed by atoms with Gasteiger partial charge in [-0.2, -0.15) is 0 Å². The van der Waals surface area contributed by atoms with Gasteiger partial charge in [0, 0.05) is 11.0 Å². The summed E-state index contributed by atoms with van der Waals surface area (Å²) in [5, 5.41) is 7.71. The average molecular weight is 351 g/mol. The molecule has 0 heterocycles. The van der Waals surface area contributed by atoms with Crippen molar-refractivity contribution in [1.29, 1.82) is 0 Å². The molecule has 1 rings (SSSR count). The number of carbonyl (C=O) groups excluding carboxylic acids is 1. The van der Waals surface area contributed by atoms with Gasteiger partial charge in [0.25, 0.3) is 0 Å². The Kier molecular flexibility index (Phi) is 5.77. The Labute approximate surface area is 120 Å². The first-order valence-corrected chi connectivity index (χ1v) is 7.90. The second kappa shape index (κ2) is 6.88.